The van der Waals surface area contributed by atoms with Crippen LogP contribution in [0.3, 0.4) is 0 Å². The fraction of sp³-hybridized carbons (Fsp3) is 0.286. The predicted molar refractivity (Wildman–Crippen MR) is 127 cm³/mol. The van der Waals surface area contributed by atoms with Gasteiger partial charge in [-0.05, 0) is 72.7 Å². The second-order valence-electron chi connectivity index (χ2n) is 8.71. The number of piperidine rings is 1. The van der Waals surface area contributed by atoms with Gasteiger partial charge in [-0.15, -0.1) is 0 Å². The van der Waals surface area contributed by atoms with Crippen molar-refractivity contribution in [3.8, 4) is 0 Å². The average molecular weight is 441 g/mol. The minimum atomic E-state index is -0.287. The fourth-order valence-corrected chi connectivity index (χ4v) is 4.22. The molecule has 1 aliphatic heterocycles. The molecule has 1 aromatic heterocycles. The summed E-state index contributed by atoms with van der Waals surface area (Å²) in [5.74, 6) is -0.363. The Kier molecular flexibility index (Phi) is 7.08. The number of carbonyl (C=O) groups is 3. The Morgan fingerprint density at radius 1 is 0.909 bits per heavy atom. The second kappa shape index (κ2) is 10.3. The normalized spacial score (nSPS) is 13.7. The molecule has 0 radical (unpaired) electrons. The molecule has 2 aromatic carbocycles. The van der Waals surface area contributed by atoms with Crippen molar-refractivity contribution in [3.63, 3.8) is 0 Å². The van der Waals surface area contributed by atoms with E-state index in [4.69, 9.17) is 0 Å². The number of ketones is 2. The lowest BCUT2D eigenvalue weighted by Gasteiger charge is -2.27. The van der Waals surface area contributed by atoms with Crippen LogP contribution >= 0.6 is 0 Å². The SMILES string of the molecule is Cc1ccnc(C(=O)CC(=O)c2cc(Cc3ccccc3)cc(CN3CCCCC3=O)c2)c1. The molecular formula is C28H28N2O3. The number of benzene rings is 2. The Morgan fingerprint density at radius 2 is 1.70 bits per heavy atom. The first-order valence-corrected chi connectivity index (χ1v) is 11.4. The van der Waals surface area contributed by atoms with Gasteiger partial charge < -0.3 is 4.90 Å². The van der Waals surface area contributed by atoms with Gasteiger partial charge in [-0.2, -0.15) is 0 Å². The summed E-state index contributed by atoms with van der Waals surface area (Å²) in [6, 6.07) is 19.3. The van der Waals surface area contributed by atoms with Gasteiger partial charge in [0, 0.05) is 31.3 Å². The molecule has 1 amide bonds. The van der Waals surface area contributed by atoms with Gasteiger partial charge in [-0.1, -0.05) is 36.4 Å². The Hall–Kier alpha value is -3.60. The Bertz CT molecular complexity index is 1170. The van der Waals surface area contributed by atoms with E-state index in [1.807, 2.05) is 48.2 Å². The van der Waals surface area contributed by atoms with E-state index in [0.717, 1.165) is 41.6 Å². The van der Waals surface area contributed by atoms with E-state index in [1.165, 1.54) is 0 Å². The zero-order valence-corrected chi connectivity index (χ0v) is 18.9. The Morgan fingerprint density at radius 3 is 2.45 bits per heavy atom. The number of rotatable bonds is 8. The molecule has 2 heterocycles. The zero-order valence-electron chi connectivity index (χ0n) is 18.9. The average Bonchev–Trinajstić information content (AvgIpc) is 2.81. The molecule has 1 fully saturated rings. The molecule has 33 heavy (non-hydrogen) atoms. The molecule has 1 aliphatic rings. The lowest BCUT2D eigenvalue weighted by molar-refractivity contribution is -0.133. The van der Waals surface area contributed by atoms with Crippen LogP contribution in [-0.2, 0) is 17.8 Å². The number of pyridine rings is 1. The third-order valence-corrected chi connectivity index (χ3v) is 5.94. The molecule has 0 unspecified atom stereocenters. The second-order valence-corrected chi connectivity index (χ2v) is 8.71. The van der Waals surface area contributed by atoms with E-state index in [0.29, 0.717) is 30.6 Å². The number of amides is 1. The van der Waals surface area contributed by atoms with Crippen LogP contribution in [0.2, 0.25) is 0 Å². The van der Waals surface area contributed by atoms with Crippen LogP contribution in [0.5, 0.6) is 0 Å². The molecule has 0 N–H and O–H groups in total. The zero-order chi connectivity index (χ0) is 23.2. The molecule has 4 rings (SSSR count). The molecular weight excluding hydrogens is 412 g/mol. The molecule has 0 atom stereocenters. The first kappa shape index (κ1) is 22.6. The number of carbonyl (C=O) groups excluding carboxylic acids is 3. The minimum absolute atomic E-state index is 0.156. The quantitative estimate of drug-likeness (QED) is 0.367. The van der Waals surface area contributed by atoms with Gasteiger partial charge in [0.15, 0.2) is 11.6 Å². The lowest BCUT2D eigenvalue weighted by Crippen LogP contribution is -2.34. The number of nitrogens with zero attached hydrogens (tertiary/aromatic N) is 2. The van der Waals surface area contributed by atoms with Crippen LogP contribution in [-0.4, -0.2) is 33.9 Å². The van der Waals surface area contributed by atoms with E-state index in [9.17, 15) is 14.4 Å². The van der Waals surface area contributed by atoms with Gasteiger partial charge in [0.2, 0.25) is 5.91 Å². The first-order chi connectivity index (χ1) is 16.0. The molecule has 0 bridgehead atoms. The third kappa shape index (κ3) is 6.01. The van der Waals surface area contributed by atoms with Gasteiger partial charge in [-0.25, -0.2) is 0 Å². The maximum Gasteiger partial charge on any atom is 0.222 e. The summed E-state index contributed by atoms with van der Waals surface area (Å²) in [6.45, 7) is 3.11. The number of hydrogen-bond acceptors (Lipinski definition) is 4. The highest BCUT2D eigenvalue weighted by molar-refractivity contribution is 6.13. The summed E-state index contributed by atoms with van der Waals surface area (Å²) in [5.41, 5.74) is 4.80. The van der Waals surface area contributed by atoms with E-state index >= 15 is 0 Å². The highest BCUT2D eigenvalue weighted by Crippen LogP contribution is 2.20. The molecule has 5 nitrogen and oxygen atoms in total. The highest BCUT2D eigenvalue weighted by Gasteiger charge is 2.20. The van der Waals surface area contributed by atoms with Gasteiger partial charge in [-0.3, -0.25) is 19.4 Å². The van der Waals surface area contributed by atoms with Crippen molar-refractivity contribution in [2.45, 2.75) is 45.6 Å². The van der Waals surface area contributed by atoms with Crippen molar-refractivity contribution in [2.24, 2.45) is 0 Å². The number of hydrogen-bond donors (Lipinski definition) is 0. The molecule has 168 valence electrons. The summed E-state index contributed by atoms with van der Waals surface area (Å²) < 4.78 is 0. The van der Waals surface area contributed by atoms with Crippen molar-refractivity contribution in [2.75, 3.05) is 6.54 Å². The molecule has 0 spiro atoms. The maximum atomic E-state index is 13.1. The monoisotopic (exact) mass is 440 g/mol. The molecule has 5 heteroatoms. The standard InChI is InChI=1S/C28H28N2O3/c1-20-10-11-29-25(13-20)27(32)18-26(31)24-16-22(14-21-7-3-2-4-8-21)15-23(17-24)19-30-12-6-5-9-28(30)33/h2-4,7-8,10-11,13,15-17H,5-6,9,12,14,18-19H2,1H3. The van der Waals surface area contributed by atoms with Crippen molar-refractivity contribution in [3.05, 3.63) is 100 Å². The summed E-state index contributed by atoms with van der Waals surface area (Å²) in [5, 5.41) is 0. The van der Waals surface area contributed by atoms with E-state index in [2.05, 4.69) is 23.2 Å². The summed E-state index contributed by atoms with van der Waals surface area (Å²) >= 11 is 0. The van der Waals surface area contributed by atoms with Crippen molar-refractivity contribution >= 4 is 17.5 Å². The number of Topliss-reactive ketones (excluding diaryl/α,β-unsaturated/α-hetero) is 2. The van der Waals surface area contributed by atoms with Crippen LogP contribution in [0.1, 0.15) is 68.8 Å². The van der Waals surface area contributed by atoms with Crippen LogP contribution in [0.4, 0.5) is 0 Å². The van der Waals surface area contributed by atoms with Gasteiger partial charge in [0.25, 0.3) is 0 Å². The van der Waals surface area contributed by atoms with Crippen LogP contribution in [0.15, 0.2) is 66.9 Å². The first-order valence-electron chi connectivity index (χ1n) is 11.4. The largest absolute Gasteiger partial charge is 0.338 e. The molecule has 1 saturated heterocycles. The maximum absolute atomic E-state index is 13.1. The van der Waals surface area contributed by atoms with Crippen LogP contribution in [0, 0.1) is 6.92 Å². The molecule has 0 saturated carbocycles. The lowest BCUT2D eigenvalue weighted by atomic mass is 9.95. The van der Waals surface area contributed by atoms with Crippen molar-refractivity contribution < 1.29 is 14.4 Å². The molecule has 3 aromatic rings. The summed E-state index contributed by atoms with van der Waals surface area (Å²) in [6.07, 6.45) is 4.54. The Labute approximate surface area is 194 Å². The smallest absolute Gasteiger partial charge is 0.222 e. The third-order valence-electron chi connectivity index (χ3n) is 5.94. The highest BCUT2D eigenvalue weighted by atomic mass is 16.2. The summed E-state index contributed by atoms with van der Waals surface area (Å²) in [4.78, 5) is 44.1. The number of likely N-dealkylation sites (tertiary alicyclic amines) is 1. The van der Waals surface area contributed by atoms with Crippen molar-refractivity contribution in [1.29, 1.82) is 0 Å². The van der Waals surface area contributed by atoms with Gasteiger partial charge in [0.05, 0.1) is 6.42 Å². The predicted octanol–water partition coefficient (Wildman–Crippen LogP) is 4.95. The number of aryl methyl sites for hydroxylation is 1. The van der Waals surface area contributed by atoms with Gasteiger partial charge in [0.1, 0.15) is 5.69 Å². The van der Waals surface area contributed by atoms with Gasteiger partial charge >= 0.3 is 0 Å². The van der Waals surface area contributed by atoms with E-state index in [-0.39, 0.29) is 23.9 Å². The van der Waals surface area contributed by atoms with E-state index < -0.39 is 0 Å². The fourth-order valence-electron chi connectivity index (χ4n) is 4.22. The number of aromatic nitrogens is 1. The molecule has 0 aliphatic carbocycles. The van der Waals surface area contributed by atoms with Crippen LogP contribution < -0.4 is 0 Å². The van der Waals surface area contributed by atoms with E-state index in [1.54, 1.807) is 12.3 Å². The Balaban J connectivity index is 1.59. The summed E-state index contributed by atoms with van der Waals surface area (Å²) in [7, 11) is 0. The minimum Gasteiger partial charge on any atom is -0.338 e. The van der Waals surface area contributed by atoms with Crippen LogP contribution in [0.25, 0.3) is 0 Å². The van der Waals surface area contributed by atoms with Crippen molar-refractivity contribution in [1.82, 2.24) is 9.88 Å². The topological polar surface area (TPSA) is 67.3 Å².